The number of methoxy groups -OCH3 is 2. The third-order valence-corrected chi connectivity index (χ3v) is 5.21. The van der Waals surface area contributed by atoms with Crippen LogP contribution in [0.15, 0.2) is 63.9 Å². The zero-order chi connectivity index (χ0) is 24.3. The zero-order valence-corrected chi connectivity index (χ0v) is 19.3. The molecule has 4 rings (SSSR count). The van der Waals surface area contributed by atoms with Crippen molar-refractivity contribution in [1.82, 2.24) is 10.3 Å². The molecule has 0 aliphatic heterocycles. The summed E-state index contributed by atoms with van der Waals surface area (Å²) in [5, 5.41) is 6.26. The lowest BCUT2D eigenvalue weighted by Crippen LogP contribution is -2.49. The Hall–Kier alpha value is -4.27. The van der Waals surface area contributed by atoms with E-state index in [2.05, 4.69) is 15.6 Å². The van der Waals surface area contributed by atoms with Crippen LogP contribution in [-0.4, -0.2) is 36.6 Å². The van der Waals surface area contributed by atoms with Crippen molar-refractivity contribution < 1.29 is 27.9 Å². The monoisotopic (exact) mass is 463 g/mol. The van der Waals surface area contributed by atoms with Gasteiger partial charge in [-0.3, -0.25) is 9.59 Å². The summed E-state index contributed by atoms with van der Waals surface area (Å²) in [6, 6.07) is 12.5. The highest BCUT2D eigenvalue weighted by Crippen LogP contribution is 2.32. The van der Waals surface area contributed by atoms with E-state index in [0.29, 0.717) is 46.3 Å². The van der Waals surface area contributed by atoms with Crippen molar-refractivity contribution in [3.05, 3.63) is 60.8 Å². The number of carbonyl (C=O) groups is 2. The quantitative estimate of drug-likeness (QED) is 0.395. The summed E-state index contributed by atoms with van der Waals surface area (Å²) in [6.07, 6.45) is 3.26. The summed E-state index contributed by atoms with van der Waals surface area (Å²) >= 11 is 0. The molecule has 0 aliphatic carbocycles. The van der Waals surface area contributed by atoms with Crippen LogP contribution >= 0.6 is 0 Å². The van der Waals surface area contributed by atoms with Gasteiger partial charge in [0.2, 0.25) is 0 Å². The van der Waals surface area contributed by atoms with Gasteiger partial charge in [-0.1, -0.05) is 12.1 Å². The number of ether oxygens (including phenoxy) is 2. The van der Waals surface area contributed by atoms with Gasteiger partial charge in [0.05, 0.1) is 26.0 Å². The van der Waals surface area contributed by atoms with Crippen molar-refractivity contribution in [2.75, 3.05) is 19.5 Å². The maximum atomic E-state index is 12.6. The molecule has 9 heteroatoms. The Kier molecular flexibility index (Phi) is 6.27. The molecule has 9 nitrogen and oxygen atoms in total. The minimum absolute atomic E-state index is 0.379. The molecule has 0 saturated carbocycles. The minimum Gasteiger partial charge on any atom is -0.496 e. The van der Waals surface area contributed by atoms with E-state index in [4.69, 9.17) is 18.3 Å². The molecule has 0 atom stereocenters. The first-order chi connectivity index (χ1) is 16.3. The number of anilines is 1. The van der Waals surface area contributed by atoms with Gasteiger partial charge >= 0.3 is 11.8 Å². The number of hydrogen-bond acceptors (Lipinski definition) is 7. The maximum absolute atomic E-state index is 12.6. The molecule has 0 bridgehead atoms. The molecule has 4 aromatic rings. The van der Waals surface area contributed by atoms with Crippen molar-refractivity contribution in [2.24, 2.45) is 0 Å². The summed E-state index contributed by atoms with van der Waals surface area (Å²) < 4.78 is 21.9. The van der Waals surface area contributed by atoms with E-state index in [9.17, 15) is 9.59 Å². The largest absolute Gasteiger partial charge is 0.496 e. The molecule has 2 amide bonds. The van der Waals surface area contributed by atoms with Crippen LogP contribution in [0.2, 0.25) is 0 Å². The molecular formula is C25H25N3O6. The Morgan fingerprint density at radius 1 is 1.03 bits per heavy atom. The molecule has 0 aliphatic rings. The third kappa shape index (κ3) is 4.88. The lowest BCUT2D eigenvalue weighted by Gasteiger charge is -2.24. The number of para-hydroxylation sites is 1. The van der Waals surface area contributed by atoms with Gasteiger partial charge in [-0.15, -0.1) is 0 Å². The van der Waals surface area contributed by atoms with Crippen LogP contribution in [0.3, 0.4) is 0 Å². The number of amides is 2. The van der Waals surface area contributed by atoms with E-state index in [1.54, 1.807) is 31.5 Å². The highest BCUT2D eigenvalue weighted by molar-refractivity contribution is 6.39. The molecule has 2 aromatic carbocycles. The van der Waals surface area contributed by atoms with E-state index < -0.39 is 17.4 Å². The second kappa shape index (κ2) is 9.30. The summed E-state index contributed by atoms with van der Waals surface area (Å²) in [5.74, 6) is 0.728. The van der Waals surface area contributed by atoms with Crippen molar-refractivity contribution in [3.8, 4) is 22.8 Å². The summed E-state index contributed by atoms with van der Waals surface area (Å²) in [6.45, 7) is 3.63. The van der Waals surface area contributed by atoms with Crippen LogP contribution in [0.25, 0.3) is 22.3 Å². The molecule has 2 N–H and O–H groups in total. The van der Waals surface area contributed by atoms with Crippen molar-refractivity contribution in [3.63, 3.8) is 0 Å². The molecule has 2 aromatic heterocycles. The summed E-state index contributed by atoms with van der Waals surface area (Å²) in [7, 11) is 3.08. The van der Waals surface area contributed by atoms with Gasteiger partial charge in [-0.25, -0.2) is 4.98 Å². The van der Waals surface area contributed by atoms with Gasteiger partial charge in [-0.2, -0.15) is 0 Å². The number of nitrogens with zero attached hydrogens (tertiary/aromatic N) is 1. The number of fused-ring (bicyclic) bond motifs is 1. The normalized spacial score (nSPS) is 11.3. The average molecular weight is 463 g/mol. The van der Waals surface area contributed by atoms with Crippen molar-refractivity contribution >= 4 is 28.5 Å². The molecule has 2 heterocycles. The molecule has 0 fully saturated rings. The van der Waals surface area contributed by atoms with E-state index in [0.717, 1.165) is 5.39 Å². The van der Waals surface area contributed by atoms with E-state index >= 15 is 0 Å². The van der Waals surface area contributed by atoms with Crippen LogP contribution < -0.4 is 20.1 Å². The Balaban J connectivity index is 1.42. The number of aromatic nitrogens is 1. The van der Waals surface area contributed by atoms with E-state index in [1.807, 2.05) is 38.1 Å². The lowest BCUT2D eigenvalue weighted by molar-refractivity contribution is -0.137. The Morgan fingerprint density at radius 3 is 2.53 bits per heavy atom. The number of hydrogen-bond donors (Lipinski definition) is 2. The van der Waals surface area contributed by atoms with Crippen LogP contribution in [0, 0.1) is 0 Å². The van der Waals surface area contributed by atoms with Crippen molar-refractivity contribution in [2.45, 2.75) is 25.8 Å². The number of carbonyl (C=O) groups excluding carboxylic acids is 2. The topological polar surface area (TPSA) is 116 Å². The smallest absolute Gasteiger partial charge is 0.313 e. The zero-order valence-electron chi connectivity index (χ0n) is 19.3. The number of rotatable bonds is 7. The first-order valence-corrected chi connectivity index (χ1v) is 10.6. The van der Waals surface area contributed by atoms with Gasteiger partial charge < -0.3 is 28.9 Å². The SMILES string of the molecule is COc1cc(NC(=O)C(=O)NC(C)(C)Cc2cc3cccc(OC)c3o2)ccc1-c1cnco1. The molecule has 0 saturated heterocycles. The van der Waals surface area contributed by atoms with Gasteiger partial charge in [0.15, 0.2) is 23.5 Å². The molecular weight excluding hydrogens is 438 g/mol. The third-order valence-electron chi connectivity index (χ3n) is 5.21. The van der Waals surface area contributed by atoms with Crippen LogP contribution in [-0.2, 0) is 16.0 Å². The minimum atomic E-state index is -0.797. The Morgan fingerprint density at radius 2 is 1.82 bits per heavy atom. The van der Waals surface area contributed by atoms with Gasteiger partial charge in [-0.05, 0) is 38.1 Å². The molecule has 176 valence electrons. The van der Waals surface area contributed by atoms with Crippen LogP contribution in [0.4, 0.5) is 5.69 Å². The van der Waals surface area contributed by atoms with Crippen LogP contribution in [0.5, 0.6) is 11.5 Å². The second-order valence-corrected chi connectivity index (χ2v) is 8.34. The Bertz CT molecular complexity index is 1320. The van der Waals surface area contributed by atoms with E-state index in [1.165, 1.54) is 13.5 Å². The molecule has 0 unspecified atom stereocenters. The summed E-state index contributed by atoms with van der Waals surface area (Å²) in [4.78, 5) is 29.0. The predicted molar refractivity (Wildman–Crippen MR) is 126 cm³/mol. The predicted octanol–water partition coefficient (Wildman–Crippen LogP) is 4.18. The fourth-order valence-electron chi connectivity index (χ4n) is 3.69. The van der Waals surface area contributed by atoms with Gasteiger partial charge in [0.25, 0.3) is 0 Å². The van der Waals surface area contributed by atoms with E-state index in [-0.39, 0.29) is 0 Å². The number of benzene rings is 2. The molecule has 0 radical (unpaired) electrons. The number of oxazole rings is 1. The maximum Gasteiger partial charge on any atom is 0.313 e. The Labute approximate surface area is 196 Å². The average Bonchev–Trinajstić information content (AvgIpc) is 3.47. The first-order valence-electron chi connectivity index (χ1n) is 10.6. The second-order valence-electron chi connectivity index (χ2n) is 8.34. The molecule has 0 spiro atoms. The van der Waals surface area contributed by atoms with Crippen LogP contribution in [0.1, 0.15) is 19.6 Å². The highest BCUT2D eigenvalue weighted by Gasteiger charge is 2.27. The lowest BCUT2D eigenvalue weighted by atomic mass is 9.98. The highest BCUT2D eigenvalue weighted by atomic mass is 16.5. The fraction of sp³-hybridized carbons (Fsp3) is 0.240. The first kappa shape index (κ1) is 22.9. The standard InChI is InChI=1S/C25H25N3O6/c1-25(2,12-17-10-15-6-5-7-19(31-3)22(15)34-17)28-24(30)23(29)27-16-8-9-18(20(11-16)32-4)21-13-26-14-33-21/h5-11,13-14H,12H2,1-4H3,(H,27,29)(H,28,30). The van der Waals surface area contributed by atoms with Gasteiger partial charge in [0.1, 0.15) is 11.5 Å². The molecule has 34 heavy (non-hydrogen) atoms. The van der Waals surface area contributed by atoms with Gasteiger partial charge in [0, 0.05) is 29.1 Å². The number of furan rings is 1. The summed E-state index contributed by atoms with van der Waals surface area (Å²) in [5.41, 5.74) is 0.972. The number of nitrogens with one attached hydrogen (secondary N) is 2. The van der Waals surface area contributed by atoms with Crippen molar-refractivity contribution in [1.29, 1.82) is 0 Å². The fourth-order valence-corrected chi connectivity index (χ4v) is 3.69.